The quantitative estimate of drug-likeness (QED) is 0.812. The second kappa shape index (κ2) is 6.95. The molecule has 0 aromatic rings. The third-order valence-electron chi connectivity index (χ3n) is 5.20. The van der Waals surface area contributed by atoms with Gasteiger partial charge in [0.15, 0.2) is 0 Å². The summed E-state index contributed by atoms with van der Waals surface area (Å²) in [4.78, 5) is 5.01. The monoisotopic (exact) mass is 296 g/mol. The first kappa shape index (κ1) is 15.7. The molecule has 0 amide bonds. The topological polar surface area (TPSA) is 35.9 Å². The molecule has 3 fully saturated rings. The molecule has 122 valence electrons. The van der Waals surface area contributed by atoms with E-state index in [1.807, 2.05) is 0 Å². The Labute approximate surface area is 129 Å². The number of nitrogens with zero attached hydrogens (tertiary/aromatic N) is 2. The van der Waals surface area contributed by atoms with Crippen LogP contribution in [0.5, 0.6) is 0 Å². The predicted octanol–water partition coefficient (Wildman–Crippen LogP) is 1.86. The second-order valence-corrected chi connectivity index (χ2v) is 7.50. The Morgan fingerprint density at radius 1 is 1.05 bits per heavy atom. The molecule has 1 heterocycles. The first-order chi connectivity index (χ1) is 10.1. The molecule has 2 aliphatic carbocycles. The highest BCUT2D eigenvalue weighted by atomic mass is 16.5. The van der Waals surface area contributed by atoms with Crippen molar-refractivity contribution >= 4 is 0 Å². The van der Waals surface area contributed by atoms with Crippen molar-refractivity contribution in [1.82, 2.24) is 9.80 Å². The van der Waals surface area contributed by atoms with E-state index in [0.717, 1.165) is 38.3 Å². The maximum absolute atomic E-state index is 10.6. The van der Waals surface area contributed by atoms with Crippen LogP contribution in [-0.4, -0.2) is 71.5 Å². The molecular formula is C17H32N2O2. The van der Waals surface area contributed by atoms with Crippen molar-refractivity contribution in [3.63, 3.8) is 0 Å². The summed E-state index contributed by atoms with van der Waals surface area (Å²) in [5, 5.41) is 10.6. The van der Waals surface area contributed by atoms with Crippen molar-refractivity contribution in [2.45, 2.75) is 82.8 Å². The average molecular weight is 296 g/mol. The summed E-state index contributed by atoms with van der Waals surface area (Å²) in [6.07, 6.45) is 8.48. The van der Waals surface area contributed by atoms with E-state index in [4.69, 9.17) is 4.74 Å². The minimum atomic E-state index is -0.219. The van der Waals surface area contributed by atoms with Crippen LogP contribution in [0.4, 0.5) is 0 Å². The second-order valence-electron chi connectivity index (χ2n) is 7.50. The molecule has 1 N–H and O–H groups in total. The van der Waals surface area contributed by atoms with Crippen molar-refractivity contribution in [3.8, 4) is 0 Å². The Hall–Kier alpha value is -0.160. The lowest BCUT2D eigenvalue weighted by Crippen LogP contribution is -2.50. The summed E-state index contributed by atoms with van der Waals surface area (Å²) in [5.74, 6) is 0. The molecule has 0 bridgehead atoms. The third kappa shape index (κ3) is 4.41. The molecule has 21 heavy (non-hydrogen) atoms. The fourth-order valence-electron chi connectivity index (χ4n) is 4.27. The van der Waals surface area contributed by atoms with Crippen molar-refractivity contribution in [2.75, 3.05) is 26.2 Å². The summed E-state index contributed by atoms with van der Waals surface area (Å²) >= 11 is 0. The largest absolute Gasteiger partial charge is 0.390 e. The lowest BCUT2D eigenvalue weighted by Gasteiger charge is -2.37. The van der Waals surface area contributed by atoms with Crippen LogP contribution in [0.15, 0.2) is 0 Å². The van der Waals surface area contributed by atoms with Gasteiger partial charge in [0.1, 0.15) is 0 Å². The molecule has 1 aliphatic heterocycles. The molecule has 2 saturated carbocycles. The van der Waals surface area contributed by atoms with Crippen LogP contribution in [0.1, 0.15) is 52.4 Å². The van der Waals surface area contributed by atoms with Gasteiger partial charge in [-0.05, 0) is 39.5 Å². The summed E-state index contributed by atoms with van der Waals surface area (Å²) < 4.78 is 5.77. The van der Waals surface area contributed by atoms with E-state index >= 15 is 0 Å². The summed E-state index contributed by atoms with van der Waals surface area (Å²) in [5.41, 5.74) is 0. The van der Waals surface area contributed by atoms with Gasteiger partial charge in [-0.25, -0.2) is 0 Å². The number of rotatable bonds is 6. The molecule has 0 aromatic carbocycles. The van der Waals surface area contributed by atoms with Gasteiger partial charge in [0.25, 0.3) is 0 Å². The van der Waals surface area contributed by atoms with E-state index in [0.29, 0.717) is 0 Å². The first-order valence-corrected chi connectivity index (χ1v) is 8.93. The minimum Gasteiger partial charge on any atom is -0.390 e. The lowest BCUT2D eigenvalue weighted by atomic mass is 10.1. The van der Waals surface area contributed by atoms with Crippen LogP contribution in [0.2, 0.25) is 0 Å². The Balaban J connectivity index is 1.48. The number of hydrogen-bond acceptors (Lipinski definition) is 4. The number of aliphatic hydroxyl groups is 1. The molecule has 3 unspecified atom stereocenters. The summed E-state index contributed by atoms with van der Waals surface area (Å²) in [7, 11) is 0. The van der Waals surface area contributed by atoms with Gasteiger partial charge >= 0.3 is 0 Å². The Morgan fingerprint density at radius 2 is 1.62 bits per heavy atom. The Bertz CT molecular complexity index is 319. The summed E-state index contributed by atoms with van der Waals surface area (Å²) in [6.45, 7) is 7.83. The number of aliphatic hydroxyl groups excluding tert-OH is 1. The predicted molar refractivity (Wildman–Crippen MR) is 84.4 cm³/mol. The summed E-state index contributed by atoms with van der Waals surface area (Å²) in [6, 6.07) is 1.51. The smallest absolute Gasteiger partial charge is 0.0794 e. The van der Waals surface area contributed by atoms with Crippen LogP contribution >= 0.6 is 0 Å². The standard InChI is InChI=1S/C17H32N2O2/c1-13-9-18(10-14(2)21-13)11-17(20)12-19(16-7-8-16)15-5-3-4-6-15/h13-17,20H,3-12H2,1-2H3. The third-order valence-corrected chi connectivity index (χ3v) is 5.20. The lowest BCUT2D eigenvalue weighted by molar-refractivity contribution is -0.0788. The van der Waals surface area contributed by atoms with Gasteiger partial charge in [0.05, 0.1) is 18.3 Å². The van der Waals surface area contributed by atoms with Crippen molar-refractivity contribution in [2.24, 2.45) is 0 Å². The van der Waals surface area contributed by atoms with Crippen LogP contribution in [0.3, 0.4) is 0 Å². The minimum absolute atomic E-state index is 0.219. The molecule has 4 nitrogen and oxygen atoms in total. The van der Waals surface area contributed by atoms with E-state index in [-0.39, 0.29) is 18.3 Å². The highest BCUT2D eigenvalue weighted by Crippen LogP contribution is 2.34. The normalized spacial score (nSPS) is 33.7. The van der Waals surface area contributed by atoms with Gasteiger partial charge in [-0.3, -0.25) is 9.80 Å². The van der Waals surface area contributed by atoms with Gasteiger partial charge in [-0.15, -0.1) is 0 Å². The van der Waals surface area contributed by atoms with Gasteiger partial charge in [0.2, 0.25) is 0 Å². The maximum Gasteiger partial charge on any atom is 0.0794 e. The van der Waals surface area contributed by atoms with E-state index in [9.17, 15) is 5.11 Å². The van der Waals surface area contributed by atoms with Crippen molar-refractivity contribution in [3.05, 3.63) is 0 Å². The first-order valence-electron chi connectivity index (χ1n) is 8.93. The van der Waals surface area contributed by atoms with Crippen molar-refractivity contribution < 1.29 is 9.84 Å². The number of hydrogen-bond donors (Lipinski definition) is 1. The molecule has 3 rings (SSSR count). The molecule has 1 saturated heterocycles. The molecule has 0 spiro atoms. The van der Waals surface area contributed by atoms with Gasteiger partial charge < -0.3 is 9.84 Å². The molecule has 0 radical (unpaired) electrons. The molecule has 4 heteroatoms. The number of morpholine rings is 1. The van der Waals surface area contributed by atoms with E-state index in [1.165, 1.54) is 38.5 Å². The van der Waals surface area contributed by atoms with Gasteiger partial charge in [-0.2, -0.15) is 0 Å². The van der Waals surface area contributed by atoms with E-state index in [2.05, 4.69) is 23.6 Å². The van der Waals surface area contributed by atoms with Crippen molar-refractivity contribution in [1.29, 1.82) is 0 Å². The van der Waals surface area contributed by atoms with Crippen LogP contribution in [0.25, 0.3) is 0 Å². The average Bonchev–Trinajstić information content (AvgIpc) is 3.09. The molecular weight excluding hydrogens is 264 g/mol. The number of β-amino-alcohol motifs (C(OH)–C–C–N with tert-alkyl or cyclic N) is 1. The van der Waals surface area contributed by atoms with Gasteiger partial charge in [0, 0.05) is 38.3 Å². The zero-order valence-electron chi connectivity index (χ0n) is 13.7. The fourth-order valence-corrected chi connectivity index (χ4v) is 4.27. The van der Waals surface area contributed by atoms with E-state index in [1.54, 1.807) is 0 Å². The van der Waals surface area contributed by atoms with Gasteiger partial charge in [-0.1, -0.05) is 12.8 Å². The Kier molecular flexibility index (Phi) is 5.20. The highest BCUT2D eigenvalue weighted by Gasteiger charge is 2.36. The fraction of sp³-hybridized carbons (Fsp3) is 1.00. The molecule has 3 atom stereocenters. The highest BCUT2D eigenvalue weighted by molar-refractivity contribution is 4.92. The zero-order chi connectivity index (χ0) is 14.8. The zero-order valence-corrected chi connectivity index (χ0v) is 13.7. The Morgan fingerprint density at radius 3 is 2.19 bits per heavy atom. The van der Waals surface area contributed by atoms with E-state index < -0.39 is 0 Å². The van der Waals surface area contributed by atoms with Crippen LogP contribution in [-0.2, 0) is 4.74 Å². The van der Waals surface area contributed by atoms with Crippen LogP contribution < -0.4 is 0 Å². The molecule has 3 aliphatic rings. The molecule has 0 aromatic heterocycles. The van der Waals surface area contributed by atoms with Crippen LogP contribution in [0, 0.1) is 0 Å². The SMILES string of the molecule is CC1CN(CC(O)CN(C2CCCC2)C2CC2)CC(C)O1. The number of ether oxygens (including phenoxy) is 1. The maximum atomic E-state index is 10.6.